The number of imide groups is 1. The highest BCUT2D eigenvalue weighted by molar-refractivity contribution is 6.23. The van der Waals surface area contributed by atoms with E-state index in [1.807, 2.05) is 82.4 Å². The largest absolute Gasteiger partial charge is 0.322 e. The Hall–Kier alpha value is -4.46. The van der Waals surface area contributed by atoms with E-state index >= 15 is 0 Å². The second kappa shape index (κ2) is 9.54. The van der Waals surface area contributed by atoms with Crippen LogP contribution in [0.15, 0.2) is 66.7 Å². The van der Waals surface area contributed by atoms with Crippen LogP contribution < -0.4 is 10.2 Å². The number of amides is 4. The van der Waals surface area contributed by atoms with Crippen molar-refractivity contribution < 1.29 is 14.4 Å². The molecule has 37 heavy (non-hydrogen) atoms. The highest BCUT2D eigenvalue weighted by Gasteiger charge is 2.45. The van der Waals surface area contributed by atoms with Gasteiger partial charge in [-0.1, -0.05) is 48.5 Å². The molecular weight excluding hydrogens is 466 g/mol. The number of hydrogen-bond donors (Lipinski definition) is 1. The number of carbonyl (C=O) groups is 3. The summed E-state index contributed by atoms with van der Waals surface area (Å²) in [7, 11) is 1.84. The lowest BCUT2D eigenvalue weighted by molar-refractivity contribution is -0.122. The van der Waals surface area contributed by atoms with Crippen LogP contribution in [0.5, 0.6) is 0 Å². The van der Waals surface area contributed by atoms with E-state index in [4.69, 9.17) is 0 Å². The normalized spacial score (nSPS) is 15.5. The average Bonchev–Trinajstić information content (AvgIpc) is 3.30. The molecule has 0 bridgehead atoms. The standard InChI is InChI=1S/C29H29N5O3/c1-18-9-7-12-22(15-18)34-27(35)16-26(28(34)36)33(17-24-19(2)31-32(4)20(24)3)29(37)30-25-14-8-11-21-10-5-6-13-23(21)25/h5-15,26H,16-17H2,1-4H3,(H,30,37)/t26-/m0/s1. The maximum Gasteiger partial charge on any atom is 0.322 e. The Labute approximate surface area is 215 Å². The third-order valence-electron chi connectivity index (χ3n) is 7.04. The minimum absolute atomic E-state index is 0.0892. The molecule has 5 rings (SSSR count). The Morgan fingerprint density at radius 3 is 2.49 bits per heavy atom. The first kappa shape index (κ1) is 24.2. The number of hydrogen-bond acceptors (Lipinski definition) is 4. The van der Waals surface area contributed by atoms with Gasteiger partial charge in [-0.05, 0) is 49.9 Å². The molecule has 1 aliphatic rings. The molecule has 1 fully saturated rings. The van der Waals surface area contributed by atoms with E-state index in [-0.39, 0.29) is 18.9 Å². The first-order chi connectivity index (χ1) is 17.7. The fourth-order valence-corrected chi connectivity index (χ4v) is 4.96. The molecule has 2 heterocycles. The number of aryl methyl sites for hydroxylation is 3. The number of fused-ring (bicyclic) bond motifs is 1. The predicted molar refractivity (Wildman–Crippen MR) is 143 cm³/mol. The highest BCUT2D eigenvalue weighted by Crippen LogP contribution is 2.30. The lowest BCUT2D eigenvalue weighted by Gasteiger charge is -2.28. The first-order valence-electron chi connectivity index (χ1n) is 12.2. The van der Waals surface area contributed by atoms with Gasteiger partial charge in [0.15, 0.2) is 0 Å². The van der Waals surface area contributed by atoms with Gasteiger partial charge in [0, 0.05) is 23.7 Å². The lowest BCUT2D eigenvalue weighted by atomic mass is 10.1. The summed E-state index contributed by atoms with van der Waals surface area (Å²) in [5.74, 6) is -0.744. The van der Waals surface area contributed by atoms with Crippen LogP contribution in [0, 0.1) is 20.8 Å². The van der Waals surface area contributed by atoms with Crippen LogP contribution in [-0.4, -0.2) is 38.6 Å². The van der Waals surface area contributed by atoms with E-state index in [1.54, 1.807) is 16.8 Å². The molecule has 0 unspecified atom stereocenters. The molecule has 0 saturated carbocycles. The van der Waals surface area contributed by atoms with Crippen molar-refractivity contribution >= 4 is 40.0 Å². The molecule has 1 atom stereocenters. The number of aromatic nitrogens is 2. The van der Waals surface area contributed by atoms with Gasteiger partial charge in [-0.2, -0.15) is 5.10 Å². The molecule has 188 valence electrons. The second-order valence-electron chi connectivity index (χ2n) is 9.48. The van der Waals surface area contributed by atoms with Gasteiger partial charge in [0.05, 0.1) is 30.0 Å². The number of nitrogens with one attached hydrogen (secondary N) is 1. The predicted octanol–water partition coefficient (Wildman–Crippen LogP) is 4.86. The molecule has 1 aliphatic heterocycles. The summed E-state index contributed by atoms with van der Waals surface area (Å²) in [5, 5.41) is 9.36. The summed E-state index contributed by atoms with van der Waals surface area (Å²) in [5.41, 5.74) is 4.61. The number of carbonyl (C=O) groups excluding carboxylic acids is 3. The van der Waals surface area contributed by atoms with E-state index < -0.39 is 18.0 Å². The Bertz CT molecular complexity index is 1530. The minimum atomic E-state index is -0.943. The summed E-state index contributed by atoms with van der Waals surface area (Å²) in [6.07, 6.45) is -0.0892. The van der Waals surface area contributed by atoms with Crippen molar-refractivity contribution in [2.75, 3.05) is 10.2 Å². The Morgan fingerprint density at radius 2 is 1.76 bits per heavy atom. The van der Waals surface area contributed by atoms with Gasteiger partial charge in [0.2, 0.25) is 5.91 Å². The zero-order valence-electron chi connectivity index (χ0n) is 21.4. The molecule has 8 nitrogen and oxygen atoms in total. The van der Waals surface area contributed by atoms with Gasteiger partial charge in [-0.3, -0.25) is 14.3 Å². The smallest absolute Gasteiger partial charge is 0.307 e. The average molecular weight is 496 g/mol. The van der Waals surface area contributed by atoms with Crippen LogP contribution in [-0.2, 0) is 23.2 Å². The molecule has 0 aliphatic carbocycles. The van der Waals surface area contributed by atoms with Crippen LogP contribution in [0.1, 0.15) is 28.9 Å². The van der Waals surface area contributed by atoms with Gasteiger partial charge < -0.3 is 10.2 Å². The van der Waals surface area contributed by atoms with Crippen LogP contribution in [0.4, 0.5) is 16.2 Å². The maximum absolute atomic E-state index is 13.8. The Balaban J connectivity index is 1.52. The van der Waals surface area contributed by atoms with Crippen LogP contribution in [0.3, 0.4) is 0 Å². The lowest BCUT2D eigenvalue weighted by Crippen LogP contribution is -2.47. The maximum atomic E-state index is 13.8. The fraction of sp³-hybridized carbons (Fsp3) is 0.241. The summed E-state index contributed by atoms with van der Waals surface area (Å²) < 4.78 is 1.76. The molecule has 4 aromatic rings. The number of urea groups is 1. The van der Waals surface area contributed by atoms with Gasteiger partial charge in [0.25, 0.3) is 5.91 Å². The van der Waals surface area contributed by atoms with Gasteiger partial charge >= 0.3 is 6.03 Å². The number of nitrogens with zero attached hydrogens (tertiary/aromatic N) is 4. The zero-order valence-corrected chi connectivity index (χ0v) is 21.4. The summed E-state index contributed by atoms with van der Waals surface area (Å²) in [6.45, 7) is 5.86. The monoisotopic (exact) mass is 495 g/mol. The van der Waals surface area contributed by atoms with Crippen molar-refractivity contribution in [3.05, 3.63) is 89.2 Å². The van der Waals surface area contributed by atoms with Crippen molar-refractivity contribution in [3.63, 3.8) is 0 Å². The van der Waals surface area contributed by atoms with Gasteiger partial charge in [0.1, 0.15) is 6.04 Å². The number of anilines is 2. The first-order valence-corrected chi connectivity index (χ1v) is 12.2. The molecule has 1 saturated heterocycles. The molecule has 0 spiro atoms. The fourth-order valence-electron chi connectivity index (χ4n) is 4.96. The molecule has 8 heteroatoms. The highest BCUT2D eigenvalue weighted by atomic mass is 16.2. The molecule has 1 aromatic heterocycles. The third kappa shape index (κ3) is 4.46. The second-order valence-corrected chi connectivity index (χ2v) is 9.48. The quantitative estimate of drug-likeness (QED) is 0.401. The van der Waals surface area contributed by atoms with Crippen LogP contribution in [0.25, 0.3) is 10.8 Å². The minimum Gasteiger partial charge on any atom is -0.307 e. The molecule has 4 amide bonds. The molecule has 0 radical (unpaired) electrons. The van der Waals surface area contributed by atoms with E-state index in [1.165, 1.54) is 9.80 Å². The third-order valence-corrected chi connectivity index (χ3v) is 7.04. The molecule has 1 N–H and O–H groups in total. The Kier molecular flexibility index (Phi) is 6.25. The van der Waals surface area contributed by atoms with E-state index in [2.05, 4.69) is 10.4 Å². The van der Waals surface area contributed by atoms with Crippen molar-refractivity contribution in [1.82, 2.24) is 14.7 Å². The van der Waals surface area contributed by atoms with Gasteiger partial charge in [-0.25, -0.2) is 9.69 Å². The van der Waals surface area contributed by atoms with Crippen LogP contribution in [0.2, 0.25) is 0 Å². The van der Waals surface area contributed by atoms with E-state index in [9.17, 15) is 14.4 Å². The Morgan fingerprint density at radius 1 is 1.03 bits per heavy atom. The van der Waals surface area contributed by atoms with E-state index in [0.29, 0.717) is 11.4 Å². The number of benzene rings is 3. The SMILES string of the molecule is Cc1cccc(N2C(=O)C[C@H](N(Cc3c(C)nn(C)c3C)C(=O)Nc3cccc4ccccc34)C2=O)c1. The van der Waals surface area contributed by atoms with Crippen LogP contribution >= 0.6 is 0 Å². The topological polar surface area (TPSA) is 87.5 Å². The van der Waals surface area contributed by atoms with Crippen molar-refractivity contribution in [2.24, 2.45) is 7.05 Å². The van der Waals surface area contributed by atoms with E-state index in [0.717, 1.165) is 33.3 Å². The summed E-state index contributed by atoms with van der Waals surface area (Å²) in [6, 6.07) is 19.3. The molecule has 3 aromatic carbocycles. The molecular formula is C29H29N5O3. The zero-order chi connectivity index (χ0) is 26.3. The van der Waals surface area contributed by atoms with Crippen molar-refractivity contribution in [1.29, 1.82) is 0 Å². The van der Waals surface area contributed by atoms with Crippen molar-refractivity contribution in [3.8, 4) is 0 Å². The van der Waals surface area contributed by atoms with Gasteiger partial charge in [-0.15, -0.1) is 0 Å². The number of rotatable bonds is 5. The van der Waals surface area contributed by atoms with Crippen molar-refractivity contribution in [2.45, 2.75) is 39.8 Å². The summed E-state index contributed by atoms with van der Waals surface area (Å²) in [4.78, 5) is 43.2. The summed E-state index contributed by atoms with van der Waals surface area (Å²) >= 11 is 0.